The van der Waals surface area contributed by atoms with Crippen molar-refractivity contribution >= 4 is 47.6 Å². The highest BCUT2D eigenvalue weighted by Gasteiger charge is 2.06. The quantitative estimate of drug-likeness (QED) is 0.152. The molecule has 2 rings (SSSR count). The van der Waals surface area contributed by atoms with Gasteiger partial charge in [0, 0.05) is 39.1 Å². The van der Waals surface area contributed by atoms with Gasteiger partial charge >= 0.3 is 0 Å². The van der Waals surface area contributed by atoms with Crippen LogP contribution in [0.15, 0.2) is 58.4 Å². The Morgan fingerprint density at radius 2 is 1.90 bits per heavy atom. The van der Waals surface area contributed by atoms with Crippen LogP contribution in [0.1, 0.15) is 12.0 Å². The molecule has 31 heavy (non-hydrogen) atoms. The number of carbonyl (C=O) groups excluding carboxylic acids is 1. The number of benzene rings is 2. The average molecular weight is 560 g/mol. The molecule has 2 N–H and O–H groups in total. The third kappa shape index (κ3) is 10.7. The van der Waals surface area contributed by atoms with Crippen molar-refractivity contribution in [3.05, 3.63) is 59.9 Å². The average Bonchev–Trinajstić information content (AvgIpc) is 2.75. The number of hydrogen-bond acceptors (Lipinski definition) is 4. The molecule has 2 aromatic rings. The van der Waals surface area contributed by atoms with Crippen LogP contribution in [0.4, 0.5) is 4.39 Å². The van der Waals surface area contributed by atoms with E-state index in [2.05, 4.69) is 15.6 Å². The first kappa shape index (κ1) is 27.0. The first-order chi connectivity index (χ1) is 14.5. The molecule has 0 aromatic heterocycles. The lowest BCUT2D eigenvalue weighted by molar-refractivity contribution is -0.130. The van der Waals surface area contributed by atoms with Crippen molar-refractivity contribution < 1.29 is 13.9 Å². The molecule has 1 amide bonds. The minimum absolute atomic E-state index is 0. The highest BCUT2D eigenvalue weighted by Crippen LogP contribution is 2.18. The standard InChI is InChI=1S/C22H29FN4O2S.HI/c1-24-22(25-12-5-13-30-20-10-8-18(23)9-11-20)26-15-17-6-4-7-19(14-17)29-16-21(28)27(2)3;/h4,6-11,14H,5,12-13,15-16H2,1-3H3,(H2,24,25,26);1H. The summed E-state index contributed by atoms with van der Waals surface area (Å²) >= 11 is 1.70. The van der Waals surface area contributed by atoms with Gasteiger partial charge in [-0.05, 0) is 54.1 Å². The second kappa shape index (κ2) is 14.9. The number of thioether (sulfide) groups is 1. The maximum Gasteiger partial charge on any atom is 0.259 e. The zero-order valence-electron chi connectivity index (χ0n) is 18.1. The number of likely N-dealkylation sites (N-methyl/N-ethyl adjacent to an activating group) is 1. The van der Waals surface area contributed by atoms with E-state index in [0.29, 0.717) is 12.3 Å². The highest BCUT2D eigenvalue weighted by molar-refractivity contribution is 14.0. The second-order valence-corrected chi connectivity index (χ2v) is 7.90. The van der Waals surface area contributed by atoms with Crippen LogP contribution in [-0.2, 0) is 11.3 Å². The van der Waals surface area contributed by atoms with Crippen LogP contribution in [0.25, 0.3) is 0 Å². The SMILES string of the molecule is CN=C(NCCCSc1ccc(F)cc1)NCc1cccc(OCC(=O)N(C)C)c1.I. The predicted molar refractivity (Wildman–Crippen MR) is 136 cm³/mol. The molecule has 0 fully saturated rings. The number of rotatable bonds is 10. The fourth-order valence-electron chi connectivity index (χ4n) is 2.43. The van der Waals surface area contributed by atoms with Crippen LogP contribution >= 0.6 is 35.7 Å². The summed E-state index contributed by atoms with van der Waals surface area (Å²) in [4.78, 5) is 18.4. The number of guanidine groups is 1. The molecule has 2 aromatic carbocycles. The molecule has 0 unspecified atom stereocenters. The van der Waals surface area contributed by atoms with E-state index in [1.165, 1.54) is 17.0 Å². The molecule has 0 aliphatic rings. The summed E-state index contributed by atoms with van der Waals surface area (Å²) in [6.45, 7) is 1.38. The fourth-order valence-corrected chi connectivity index (χ4v) is 3.28. The van der Waals surface area contributed by atoms with Crippen LogP contribution in [-0.4, -0.2) is 56.8 Å². The summed E-state index contributed by atoms with van der Waals surface area (Å²) < 4.78 is 18.5. The van der Waals surface area contributed by atoms with Gasteiger partial charge < -0.3 is 20.3 Å². The molecule has 0 saturated carbocycles. The molecule has 0 aliphatic heterocycles. The molecular formula is C22H30FIN4O2S. The molecule has 0 spiro atoms. The Morgan fingerprint density at radius 3 is 2.58 bits per heavy atom. The third-order valence-corrected chi connectivity index (χ3v) is 5.24. The topological polar surface area (TPSA) is 66.0 Å². The number of nitrogens with zero attached hydrogens (tertiary/aromatic N) is 2. The zero-order chi connectivity index (χ0) is 21.8. The Kier molecular flexibility index (Phi) is 13.0. The van der Waals surface area contributed by atoms with Crippen LogP contribution in [0.5, 0.6) is 5.75 Å². The first-order valence-electron chi connectivity index (χ1n) is 9.72. The van der Waals surface area contributed by atoms with Gasteiger partial charge in [-0.2, -0.15) is 0 Å². The van der Waals surface area contributed by atoms with Gasteiger partial charge in [-0.3, -0.25) is 9.79 Å². The van der Waals surface area contributed by atoms with Gasteiger partial charge in [0.1, 0.15) is 11.6 Å². The fraction of sp³-hybridized carbons (Fsp3) is 0.364. The lowest BCUT2D eigenvalue weighted by Gasteiger charge is -2.14. The number of carbonyl (C=O) groups is 1. The van der Waals surface area contributed by atoms with Crippen molar-refractivity contribution in [2.75, 3.05) is 40.0 Å². The second-order valence-electron chi connectivity index (χ2n) is 6.73. The van der Waals surface area contributed by atoms with Gasteiger partial charge in [-0.25, -0.2) is 4.39 Å². The normalized spacial score (nSPS) is 10.8. The number of halogens is 2. The summed E-state index contributed by atoms with van der Waals surface area (Å²) in [5.74, 6) is 2.01. The minimum atomic E-state index is -0.213. The van der Waals surface area contributed by atoms with Gasteiger partial charge in [-0.15, -0.1) is 35.7 Å². The molecular weight excluding hydrogens is 530 g/mol. The van der Waals surface area contributed by atoms with Gasteiger partial charge in [0.15, 0.2) is 12.6 Å². The van der Waals surface area contributed by atoms with E-state index in [0.717, 1.165) is 35.1 Å². The maximum absolute atomic E-state index is 12.9. The van der Waals surface area contributed by atoms with E-state index in [1.807, 2.05) is 24.3 Å². The summed E-state index contributed by atoms with van der Waals surface area (Å²) in [6.07, 6.45) is 0.950. The number of ether oxygens (including phenoxy) is 1. The summed E-state index contributed by atoms with van der Waals surface area (Å²) in [5, 5.41) is 6.56. The molecule has 0 bridgehead atoms. The molecule has 170 valence electrons. The van der Waals surface area contributed by atoms with E-state index >= 15 is 0 Å². The maximum atomic E-state index is 12.9. The van der Waals surface area contributed by atoms with Crippen LogP contribution in [0, 0.1) is 5.82 Å². The number of hydrogen-bond donors (Lipinski definition) is 2. The van der Waals surface area contributed by atoms with Crippen LogP contribution in [0.3, 0.4) is 0 Å². The van der Waals surface area contributed by atoms with Gasteiger partial charge in [-0.1, -0.05) is 12.1 Å². The van der Waals surface area contributed by atoms with Crippen molar-refractivity contribution in [3.63, 3.8) is 0 Å². The first-order valence-corrected chi connectivity index (χ1v) is 10.7. The molecule has 0 saturated heterocycles. The Labute approximate surface area is 205 Å². The lowest BCUT2D eigenvalue weighted by atomic mass is 10.2. The van der Waals surface area contributed by atoms with E-state index in [-0.39, 0.29) is 42.3 Å². The molecule has 0 aliphatic carbocycles. The number of aliphatic imine (C=N–C) groups is 1. The zero-order valence-corrected chi connectivity index (χ0v) is 21.2. The van der Waals surface area contributed by atoms with Crippen molar-refractivity contribution in [2.24, 2.45) is 4.99 Å². The van der Waals surface area contributed by atoms with Crippen molar-refractivity contribution in [3.8, 4) is 5.75 Å². The monoisotopic (exact) mass is 560 g/mol. The smallest absolute Gasteiger partial charge is 0.259 e. The molecule has 9 heteroatoms. The van der Waals surface area contributed by atoms with Gasteiger partial charge in [0.25, 0.3) is 5.91 Å². The number of amides is 1. The lowest BCUT2D eigenvalue weighted by Crippen LogP contribution is -2.37. The minimum Gasteiger partial charge on any atom is -0.484 e. The van der Waals surface area contributed by atoms with E-state index < -0.39 is 0 Å². The molecule has 6 nitrogen and oxygen atoms in total. The highest BCUT2D eigenvalue weighted by atomic mass is 127. The van der Waals surface area contributed by atoms with E-state index in [1.54, 1.807) is 45.0 Å². The Balaban J connectivity index is 0.00000480. The Bertz CT molecular complexity index is 835. The van der Waals surface area contributed by atoms with Crippen LogP contribution < -0.4 is 15.4 Å². The third-order valence-electron chi connectivity index (χ3n) is 4.14. The predicted octanol–water partition coefficient (Wildman–Crippen LogP) is 3.76. The van der Waals surface area contributed by atoms with Gasteiger partial charge in [0.2, 0.25) is 0 Å². The molecule has 0 radical (unpaired) electrons. The van der Waals surface area contributed by atoms with Crippen LogP contribution in [0.2, 0.25) is 0 Å². The molecule has 0 atom stereocenters. The van der Waals surface area contributed by atoms with Gasteiger partial charge in [0.05, 0.1) is 0 Å². The van der Waals surface area contributed by atoms with Crippen molar-refractivity contribution in [1.29, 1.82) is 0 Å². The van der Waals surface area contributed by atoms with Crippen molar-refractivity contribution in [2.45, 2.75) is 17.9 Å². The van der Waals surface area contributed by atoms with E-state index in [4.69, 9.17) is 4.74 Å². The Hall–Kier alpha value is -2.01. The summed E-state index contributed by atoms with van der Waals surface area (Å²) in [5.41, 5.74) is 1.03. The largest absolute Gasteiger partial charge is 0.484 e. The summed E-state index contributed by atoms with van der Waals surface area (Å²) in [6, 6.07) is 14.2. The van der Waals surface area contributed by atoms with Crippen molar-refractivity contribution in [1.82, 2.24) is 15.5 Å². The number of nitrogens with one attached hydrogen (secondary N) is 2. The Morgan fingerprint density at radius 1 is 1.16 bits per heavy atom. The van der Waals surface area contributed by atoms with E-state index in [9.17, 15) is 9.18 Å². The molecule has 0 heterocycles. The summed E-state index contributed by atoms with van der Waals surface area (Å²) in [7, 11) is 5.13.